The van der Waals surface area contributed by atoms with E-state index in [9.17, 15) is 4.39 Å². The molecule has 0 spiro atoms. The number of hydrogen-bond donors (Lipinski definition) is 2. The van der Waals surface area contributed by atoms with Gasteiger partial charge in [-0.3, -0.25) is 0 Å². The summed E-state index contributed by atoms with van der Waals surface area (Å²) in [6.45, 7) is 1.70. The molecule has 5 heteroatoms. The molecule has 0 radical (unpaired) electrons. The molecule has 0 fully saturated rings. The molecule has 2 rings (SSSR count). The summed E-state index contributed by atoms with van der Waals surface area (Å²) < 4.78 is 13.3. The predicted molar refractivity (Wildman–Crippen MR) is 60.9 cm³/mol. The lowest BCUT2D eigenvalue weighted by atomic mass is 10.2. The smallest absolute Gasteiger partial charge is 0.221 e. The molecule has 1 aromatic carbocycles. The summed E-state index contributed by atoms with van der Waals surface area (Å²) >= 11 is 0. The van der Waals surface area contributed by atoms with Crippen LogP contribution < -0.4 is 11.1 Å². The Hall–Kier alpha value is -2.17. The molecule has 0 aliphatic heterocycles. The highest BCUT2D eigenvalue weighted by atomic mass is 19.1. The molecule has 0 atom stereocenters. The van der Waals surface area contributed by atoms with Crippen LogP contribution in [0, 0.1) is 12.7 Å². The van der Waals surface area contributed by atoms with E-state index in [2.05, 4.69) is 15.3 Å². The minimum Gasteiger partial charge on any atom is -0.368 e. The van der Waals surface area contributed by atoms with Crippen molar-refractivity contribution in [2.75, 3.05) is 11.1 Å². The molecule has 4 nitrogen and oxygen atoms in total. The van der Waals surface area contributed by atoms with Gasteiger partial charge < -0.3 is 11.1 Å². The number of benzene rings is 1. The first-order valence-electron chi connectivity index (χ1n) is 4.77. The molecule has 1 aromatic heterocycles. The quantitative estimate of drug-likeness (QED) is 0.811. The maximum absolute atomic E-state index is 13.3. The third-order valence-corrected chi connectivity index (χ3v) is 2.20. The molecule has 2 aromatic rings. The number of nitrogens with two attached hydrogens (primary N) is 1. The summed E-state index contributed by atoms with van der Waals surface area (Å²) in [6, 6.07) is 6.49. The zero-order valence-corrected chi connectivity index (χ0v) is 8.74. The first kappa shape index (κ1) is 10.4. The number of nitrogen functional groups attached to an aromatic ring is 1. The van der Waals surface area contributed by atoms with E-state index < -0.39 is 0 Å². The molecule has 3 N–H and O–H groups in total. The van der Waals surface area contributed by atoms with Crippen LogP contribution in [-0.2, 0) is 0 Å². The van der Waals surface area contributed by atoms with Gasteiger partial charge in [0.1, 0.15) is 11.6 Å². The van der Waals surface area contributed by atoms with E-state index in [1.165, 1.54) is 6.07 Å². The average Bonchev–Trinajstić information content (AvgIpc) is 2.25. The van der Waals surface area contributed by atoms with Crippen LogP contribution in [0.2, 0.25) is 0 Å². The number of nitrogens with one attached hydrogen (secondary N) is 1. The van der Waals surface area contributed by atoms with E-state index in [4.69, 9.17) is 5.73 Å². The van der Waals surface area contributed by atoms with Crippen molar-refractivity contribution in [3.8, 4) is 0 Å². The second-order valence-electron chi connectivity index (χ2n) is 3.34. The molecular formula is C11H11FN4. The summed E-state index contributed by atoms with van der Waals surface area (Å²) in [4.78, 5) is 7.75. The molecular weight excluding hydrogens is 207 g/mol. The standard InChI is InChI=1S/C11H11FN4/c1-7-8(12)3-2-4-9(7)15-10-5-6-14-11(13)16-10/h2-6H,1H3,(H3,13,14,15,16). The van der Waals surface area contributed by atoms with Crippen molar-refractivity contribution in [1.82, 2.24) is 9.97 Å². The number of aromatic nitrogens is 2. The molecule has 1 heterocycles. The lowest BCUT2D eigenvalue weighted by molar-refractivity contribution is 0.619. The average molecular weight is 218 g/mol. The number of nitrogens with zero attached hydrogens (tertiary/aromatic N) is 2. The Labute approximate surface area is 92.3 Å². The number of anilines is 3. The number of hydrogen-bond acceptors (Lipinski definition) is 4. The molecule has 0 amide bonds. The van der Waals surface area contributed by atoms with E-state index in [1.54, 1.807) is 31.3 Å². The monoisotopic (exact) mass is 218 g/mol. The van der Waals surface area contributed by atoms with Gasteiger partial charge in [0, 0.05) is 17.4 Å². The highest BCUT2D eigenvalue weighted by Crippen LogP contribution is 2.21. The van der Waals surface area contributed by atoms with Crippen LogP contribution in [0.5, 0.6) is 0 Å². The summed E-state index contributed by atoms with van der Waals surface area (Å²) in [7, 11) is 0. The molecule has 82 valence electrons. The summed E-state index contributed by atoms with van der Waals surface area (Å²) in [5.74, 6) is 0.465. The minimum absolute atomic E-state index is 0.180. The zero-order valence-electron chi connectivity index (χ0n) is 8.74. The largest absolute Gasteiger partial charge is 0.368 e. The molecule has 16 heavy (non-hydrogen) atoms. The molecule has 0 bridgehead atoms. The maximum Gasteiger partial charge on any atom is 0.221 e. The summed E-state index contributed by atoms with van der Waals surface area (Å²) in [5, 5.41) is 2.98. The Bertz CT molecular complexity index is 513. The first-order valence-corrected chi connectivity index (χ1v) is 4.77. The van der Waals surface area contributed by atoms with Gasteiger partial charge in [0.05, 0.1) is 0 Å². The first-order chi connectivity index (χ1) is 7.66. The molecule has 0 saturated carbocycles. The van der Waals surface area contributed by atoms with Crippen LogP contribution in [0.15, 0.2) is 30.5 Å². The highest BCUT2D eigenvalue weighted by Gasteiger charge is 2.04. The van der Waals surface area contributed by atoms with Gasteiger partial charge in [-0.1, -0.05) is 6.07 Å². The fourth-order valence-electron chi connectivity index (χ4n) is 1.32. The van der Waals surface area contributed by atoms with Gasteiger partial charge in [0.15, 0.2) is 0 Å². The summed E-state index contributed by atoms with van der Waals surface area (Å²) in [5.41, 5.74) is 6.65. The van der Waals surface area contributed by atoms with Crippen LogP contribution in [0.3, 0.4) is 0 Å². The molecule has 0 unspecified atom stereocenters. The Kier molecular flexibility index (Phi) is 2.68. The fraction of sp³-hybridized carbons (Fsp3) is 0.0909. The van der Waals surface area contributed by atoms with Gasteiger partial charge in [0.2, 0.25) is 5.95 Å². The van der Waals surface area contributed by atoms with Crippen molar-refractivity contribution in [1.29, 1.82) is 0 Å². The van der Waals surface area contributed by atoms with E-state index in [0.717, 1.165) is 0 Å². The lowest BCUT2D eigenvalue weighted by Crippen LogP contribution is -2.00. The Morgan fingerprint density at radius 3 is 2.88 bits per heavy atom. The number of rotatable bonds is 2. The van der Waals surface area contributed by atoms with Gasteiger partial charge in [-0.25, -0.2) is 9.37 Å². The summed E-state index contributed by atoms with van der Waals surface area (Å²) in [6.07, 6.45) is 1.54. The lowest BCUT2D eigenvalue weighted by Gasteiger charge is -2.09. The van der Waals surface area contributed by atoms with Crippen molar-refractivity contribution < 1.29 is 4.39 Å². The SMILES string of the molecule is Cc1c(F)cccc1Nc1ccnc(N)n1. The molecule has 0 aliphatic rings. The fourth-order valence-corrected chi connectivity index (χ4v) is 1.32. The minimum atomic E-state index is -0.257. The maximum atomic E-state index is 13.3. The van der Waals surface area contributed by atoms with Gasteiger partial charge in [0.25, 0.3) is 0 Å². The van der Waals surface area contributed by atoms with Crippen LogP contribution in [0.1, 0.15) is 5.56 Å². The topological polar surface area (TPSA) is 63.8 Å². The second-order valence-corrected chi connectivity index (χ2v) is 3.34. The van der Waals surface area contributed by atoms with E-state index in [1.807, 2.05) is 0 Å². The predicted octanol–water partition coefficient (Wildman–Crippen LogP) is 2.25. The third-order valence-electron chi connectivity index (χ3n) is 2.20. The van der Waals surface area contributed by atoms with Crippen LogP contribution >= 0.6 is 0 Å². The van der Waals surface area contributed by atoms with E-state index >= 15 is 0 Å². The molecule has 0 saturated heterocycles. The van der Waals surface area contributed by atoms with Crippen molar-refractivity contribution in [3.05, 3.63) is 41.8 Å². The normalized spacial score (nSPS) is 10.1. The van der Waals surface area contributed by atoms with Gasteiger partial charge >= 0.3 is 0 Å². The van der Waals surface area contributed by atoms with Gasteiger partial charge in [-0.15, -0.1) is 0 Å². The highest BCUT2D eigenvalue weighted by molar-refractivity contribution is 5.60. The third kappa shape index (κ3) is 2.08. The van der Waals surface area contributed by atoms with Crippen molar-refractivity contribution in [2.24, 2.45) is 0 Å². The van der Waals surface area contributed by atoms with E-state index in [-0.39, 0.29) is 11.8 Å². The van der Waals surface area contributed by atoms with Crippen molar-refractivity contribution in [3.63, 3.8) is 0 Å². The van der Waals surface area contributed by atoms with Gasteiger partial charge in [-0.05, 0) is 25.1 Å². The van der Waals surface area contributed by atoms with Crippen LogP contribution in [-0.4, -0.2) is 9.97 Å². The molecule has 0 aliphatic carbocycles. The van der Waals surface area contributed by atoms with Crippen LogP contribution in [0.4, 0.5) is 21.8 Å². The van der Waals surface area contributed by atoms with Crippen LogP contribution in [0.25, 0.3) is 0 Å². The Morgan fingerprint density at radius 1 is 1.31 bits per heavy atom. The zero-order chi connectivity index (χ0) is 11.5. The van der Waals surface area contributed by atoms with Crippen molar-refractivity contribution >= 4 is 17.5 Å². The Balaban J connectivity index is 2.31. The van der Waals surface area contributed by atoms with Gasteiger partial charge in [-0.2, -0.15) is 4.98 Å². The Morgan fingerprint density at radius 2 is 2.12 bits per heavy atom. The van der Waals surface area contributed by atoms with Crippen molar-refractivity contribution in [2.45, 2.75) is 6.92 Å². The van der Waals surface area contributed by atoms with E-state index in [0.29, 0.717) is 17.1 Å². The second kappa shape index (κ2) is 4.14. The number of halogens is 1.